The molecule has 0 bridgehead atoms. The predicted octanol–water partition coefficient (Wildman–Crippen LogP) is 4.98. The van der Waals surface area contributed by atoms with Gasteiger partial charge in [-0.2, -0.15) is 0 Å². The highest BCUT2D eigenvalue weighted by atomic mass is 32.1. The van der Waals surface area contributed by atoms with Crippen molar-refractivity contribution in [3.05, 3.63) is 83.7 Å². The number of benzene rings is 2. The van der Waals surface area contributed by atoms with Crippen molar-refractivity contribution >= 4 is 38.7 Å². The van der Waals surface area contributed by atoms with Crippen LogP contribution in [0.25, 0.3) is 16.3 Å². The van der Waals surface area contributed by atoms with Gasteiger partial charge in [0.1, 0.15) is 0 Å². The zero-order valence-electron chi connectivity index (χ0n) is 16.8. The molecule has 0 aliphatic carbocycles. The zero-order valence-corrected chi connectivity index (χ0v) is 17.6. The molecule has 6 nitrogen and oxygen atoms in total. The summed E-state index contributed by atoms with van der Waals surface area (Å²) in [4.78, 5) is 23.9. The molecule has 7 heteroatoms. The number of ether oxygens (including phenoxy) is 2. The number of hydrogen-bond acceptors (Lipinski definition) is 6. The van der Waals surface area contributed by atoms with E-state index in [4.69, 9.17) is 14.5 Å². The van der Waals surface area contributed by atoms with Gasteiger partial charge >= 0.3 is 0 Å². The smallest absolute Gasteiger partial charge is 0.253 e. The minimum absolute atomic E-state index is 0.154. The molecule has 1 aliphatic heterocycles. The lowest BCUT2D eigenvalue weighted by atomic mass is 10.2. The number of carbonyl (C=O) groups is 1. The molecule has 0 fully saturated rings. The first-order chi connectivity index (χ1) is 15.2. The monoisotopic (exact) mass is 429 g/mol. The molecule has 0 saturated carbocycles. The Balaban J connectivity index is 1.47. The van der Waals surface area contributed by atoms with Crippen molar-refractivity contribution in [3.8, 4) is 11.5 Å². The van der Waals surface area contributed by atoms with Gasteiger partial charge in [-0.15, -0.1) is 0 Å². The molecule has 0 unspecified atom stereocenters. The first kappa shape index (κ1) is 19.3. The SMILES string of the molecule is Cc1cccc2sc(N(Cc3cccnc3)C(=O)/C=C/c3ccc4c(c3)OCO4)nc12. The largest absolute Gasteiger partial charge is 0.454 e. The van der Waals surface area contributed by atoms with Gasteiger partial charge in [-0.1, -0.05) is 35.6 Å². The number of carbonyl (C=O) groups excluding carboxylic acids is 1. The van der Waals surface area contributed by atoms with Gasteiger partial charge in [-0.3, -0.25) is 14.7 Å². The highest BCUT2D eigenvalue weighted by Gasteiger charge is 2.19. The molecule has 1 aliphatic rings. The van der Waals surface area contributed by atoms with Gasteiger partial charge in [0, 0.05) is 18.5 Å². The number of fused-ring (bicyclic) bond motifs is 2. The minimum atomic E-state index is -0.154. The second-order valence-corrected chi connectivity index (χ2v) is 8.16. The summed E-state index contributed by atoms with van der Waals surface area (Å²) in [6.45, 7) is 2.63. The molecule has 3 heterocycles. The average molecular weight is 430 g/mol. The number of aromatic nitrogens is 2. The fraction of sp³-hybridized carbons (Fsp3) is 0.125. The standard InChI is InChI=1S/C24H19N3O3S/c1-16-4-2-6-21-23(16)26-24(31-21)27(14-18-5-3-11-25-13-18)22(28)10-8-17-7-9-19-20(12-17)30-15-29-19/h2-13H,14-15H2,1H3/b10-8+. The Morgan fingerprint density at radius 1 is 1.16 bits per heavy atom. The number of pyridine rings is 1. The summed E-state index contributed by atoms with van der Waals surface area (Å²) in [7, 11) is 0. The molecule has 31 heavy (non-hydrogen) atoms. The molecule has 0 spiro atoms. The Kier molecular flexibility index (Phi) is 5.09. The predicted molar refractivity (Wildman–Crippen MR) is 121 cm³/mol. The van der Waals surface area contributed by atoms with Crippen molar-refractivity contribution in [1.82, 2.24) is 9.97 Å². The number of nitrogens with zero attached hydrogens (tertiary/aromatic N) is 3. The fourth-order valence-electron chi connectivity index (χ4n) is 3.38. The summed E-state index contributed by atoms with van der Waals surface area (Å²) in [5, 5.41) is 0.661. The molecule has 0 atom stereocenters. The maximum Gasteiger partial charge on any atom is 0.253 e. The van der Waals surface area contributed by atoms with Crippen molar-refractivity contribution in [2.75, 3.05) is 11.7 Å². The van der Waals surface area contributed by atoms with Crippen molar-refractivity contribution in [3.63, 3.8) is 0 Å². The van der Waals surface area contributed by atoms with Crippen LogP contribution in [0.5, 0.6) is 11.5 Å². The lowest BCUT2D eigenvalue weighted by Crippen LogP contribution is -2.28. The molecular weight excluding hydrogens is 410 g/mol. The molecule has 1 amide bonds. The first-order valence-corrected chi connectivity index (χ1v) is 10.6. The topological polar surface area (TPSA) is 64.6 Å². The van der Waals surface area contributed by atoms with E-state index in [1.54, 1.807) is 29.4 Å². The molecule has 5 rings (SSSR count). The van der Waals surface area contributed by atoms with Gasteiger partial charge < -0.3 is 9.47 Å². The van der Waals surface area contributed by atoms with Gasteiger partial charge in [0.25, 0.3) is 5.91 Å². The zero-order chi connectivity index (χ0) is 21.2. The average Bonchev–Trinajstić information content (AvgIpc) is 3.44. The van der Waals surface area contributed by atoms with Crippen LogP contribution in [0, 0.1) is 6.92 Å². The highest BCUT2D eigenvalue weighted by molar-refractivity contribution is 7.22. The quantitative estimate of drug-likeness (QED) is 0.419. The molecule has 2 aromatic heterocycles. The van der Waals surface area contributed by atoms with Crippen LogP contribution in [-0.4, -0.2) is 22.7 Å². The Labute approximate surface area is 183 Å². The molecule has 0 N–H and O–H groups in total. The second kappa shape index (κ2) is 8.20. The van der Waals surface area contributed by atoms with E-state index in [1.165, 1.54) is 11.3 Å². The molecule has 0 saturated heterocycles. The lowest BCUT2D eigenvalue weighted by molar-refractivity contribution is -0.114. The minimum Gasteiger partial charge on any atom is -0.454 e. The number of thiazole rings is 1. The summed E-state index contributed by atoms with van der Waals surface area (Å²) < 4.78 is 11.8. The maximum absolute atomic E-state index is 13.2. The van der Waals surface area contributed by atoms with Crippen LogP contribution < -0.4 is 14.4 Å². The van der Waals surface area contributed by atoms with Crippen LogP contribution in [0.3, 0.4) is 0 Å². The van der Waals surface area contributed by atoms with E-state index >= 15 is 0 Å². The van der Waals surface area contributed by atoms with Crippen LogP contribution >= 0.6 is 11.3 Å². The fourth-order valence-corrected chi connectivity index (χ4v) is 4.43. The van der Waals surface area contributed by atoms with Gasteiger partial charge in [0.2, 0.25) is 6.79 Å². The summed E-state index contributed by atoms with van der Waals surface area (Å²) in [5.41, 5.74) is 3.80. The number of amides is 1. The summed E-state index contributed by atoms with van der Waals surface area (Å²) in [5.74, 6) is 1.24. The molecular formula is C24H19N3O3S. The van der Waals surface area contributed by atoms with Gasteiger partial charge in [-0.25, -0.2) is 4.98 Å². The summed E-state index contributed by atoms with van der Waals surface area (Å²) >= 11 is 1.51. The van der Waals surface area contributed by atoms with Crippen molar-refractivity contribution in [2.24, 2.45) is 0 Å². The van der Waals surface area contributed by atoms with E-state index in [2.05, 4.69) is 4.98 Å². The maximum atomic E-state index is 13.2. The van der Waals surface area contributed by atoms with Gasteiger partial charge in [0.15, 0.2) is 16.6 Å². The Morgan fingerprint density at radius 2 is 2.06 bits per heavy atom. The number of anilines is 1. The number of aryl methyl sites for hydroxylation is 1. The van der Waals surface area contributed by atoms with E-state index in [0.717, 1.165) is 26.9 Å². The van der Waals surface area contributed by atoms with Crippen LogP contribution in [-0.2, 0) is 11.3 Å². The molecule has 154 valence electrons. The first-order valence-electron chi connectivity index (χ1n) is 9.82. The molecule has 4 aromatic rings. The van der Waals surface area contributed by atoms with E-state index in [9.17, 15) is 4.79 Å². The number of hydrogen-bond donors (Lipinski definition) is 0. The second-order valence-electron chi connectivity index (χ2n) is 7.15. The Bertz CT molecular complexity index is 1280. The van der Waals surface area contributed by atoms with Crippen LogP contribution in [0.1, 0.15) is 16.7 Å². The molecule has 0 radical (unpaired) electrons. The van der Waals surface area contributed by atoms with E-state index < -0.39 is 0 Å². The van der Waals surface area contributed by atoms with Gasteiger partial charge in [-0.05, 0) is 54.0 Å². The lowest BCUT2D eigenvalue weighted by Gasteiger charge is -2.18. The van der Waals surface area contributed by atoms with E-state index in [1.807, 2.05) is 55.5 Å². The van der Waals surface area contributed by atoms with Crippen molar-refractivity contribution in [1.29, 1.82) is 0 Å². The third-order valence-electron chi connectivity index (χ3n) is 4.98. The van der Waals surface area contributed by atoms with E-state index in [0.29, 0.717) is 23.2 Å². The van der Waals surface area contributed by atoms with Crippen LogP contribution in [0.4, 0.5) is 5.13 Å². The number of rotatable bonds is 5. The van der Waals surface area contributed by atoms with Gasteiger partial charge in [0.05, 0.1) is 16.8 Å². The summed E-state index contributed by atoms with van der Waals surface area (Å²) in [6, 6.07) is 15.5. The normalized spacial score (nSPS) is 12.5. The van der Waals surface area contributed by atoms with Crippen LogP contribution in [0.15, 0.2) is 67.0 Å². The van der Waals surface area contributed by atoms with Crippen LogP contribution in [0.2, 0.25) is 0 Å². The van der Waals surface area contributed by atoms with Crippen molar-refractivity contribution < 1.29 is 14.3 Å². The Hall–Kier alpha value is -3.71. The van der Waals surface area contributed by atoms with Crippen molar-refractivity contribution in [2.45, 2.75) is 13.5 Å². The third kappa shape index (κ3) is 4.00. The molecule has 2 aromatic carbocycles. The summed E-state index contributed by atoms with van der Waals surface area (Å²) in [6.07, 6.45) is 6.82. The number of para-hydroxylation sites is 1. The third-order valence-corrected chi connectivity index (χ3v) is 6.03. The Morgan fingerprint density at radius 3 is 2.90 bits per heavy atom. The van der Waals surface area contributed by atoms with E-state index in [-0.39, 0.29) is 12.7 Å². The highest BCUT2D eigenvalue weighted by Crippen LogP contribution is 2.33.